The van der Waals surface area contributed by atoms with Crippen molar-refractivity contribution in [2.45, 2.75) is 26.3 Å². The lowest BCUT2D eigenvalue weighted by Gasteiger charge is -2.33. The summed E-state index contributed by atoms with van der Waals surface area (Å²) >= 11 is 0. The third kappa shape index (κ3) is 5.13. The predicted octanol–water partition coefficient (Wildman–Crippen LogP) is 3.61. The van der Waals surface area contributed by atoms with Crippen molar-refractivity contribution in [2.75, 3.05) is 50.8 Å². The molecule has 1 aromatic heterocycles. The van der Waals surface area contributed by atoms with Gasteiger partial charge < -0.3 is 19.4 Å². The number of para-hydroxylation sites is 1. The molecule has 4 rings (SSSR count). The van der Waals surface area contributed by atoms with E-state index in [1.807, 2.05) is 13.0 Å². The number of hydrogen-bond donors (Lipinski definition) is 1. The number of benzene rings is 1. The lowest BCUT2D eigenvalue weighted by atomic mass is 10.1. The van der Waals surface area contributed by atoms with Gasteiger partial charge in [-0.25, -0.2) is 0 Å². The summed E-state index contributed by atoms with van der Waals surface area (Å²) in [5.41, 5.74) is 2.65. The van der Waals surface area contributed by atoms with Crippen molar-refractivity contribution < 1.29 is 9.15 Å². The Morgan fingerprint density at radius 3 is 2.66 bits per heavy atom. The van der Waals surface area contributed by atoms with Crippen molar-refractivity contribution in [1.29, 1.82) is 0 Å². The molecule has 0 amide bonds. The SMILES string of the molecule is CCNC(=NCC(c1ccc(C)o1)N1CCOCC1)N1CCc2ccccc21.I. The maximum absolute atomic E-state index is 5.99. The molecule has 0 bridgehead atoms. The van der Waals surface area contributed by atoms with Crippen LogP contribution in [0.25, 0.3) is 0 Å². The summed E-state index contributed by atoms with van der Waals surface area (Å²) in [5.74, 6) is 2.88. The number of anilines is 1. The second kappa shape index (κ2) is 10.4. The lowest BCUT2D eigenvalue weighted by molar-refractivity contribution is 0.0135. The quantitative estimate of drug-likeness (QED) is 0.379. The summed E-state index contributed by atoms with van der Waals surface area (Å²) in [6, 6.07) is 12.9. The average molecular weight is 510 g/mol. The Kier molecular flexibility index (Phi) is 7.97. The zero-order chi connectivity index (χ0) is 19.3. The molecule has 0 aliphatic carbocycles. The largest absolute Gasteiger partial charge is 0.465 e. The van der Waals surface area contributed by atoms with E-state index in [0.29, 0.717) is 6.54 Å². The second-order valence-electron chi connectivity index (χ2n) is 7.34. The molecule has 6 nitrogen and oxygen atoms in total. The molecule has 2 aliphatic rings. The van der Waals surface area contributed by atoms with Crippen LogP contribution < -0.4 is 10.2 Å². The van der Waals surface area contributed by atoms with Gasteiger partial charge in [0.15, 0.2) is 5.96 Å². The Hall–Kier alpha value is -1.58. The lowest BCUT2D eigenvalue weighted by Crippen LogP contribution is -2.43. The molecule has 2 aromatic rings. The summed E-state index contributed by atoms with van der Waals surface area (Å²) < 4.78 is 11.5. The van der Waals surface area contributed by atoms with E-state index in [-0.39, 0.29) is 30.0 Å². The molecule has 158 valence electrons. The van der Waals surface area contributed by atoms with E-state index < -0.39 is 0 Å². The molecule has 29 heavy (non-hydrogen) atoms. The van der Waals surface area contributed by atoms with E-state index in [2.05, 4.69) is 52.4 Å². The van der Waals surface area contributed by atoms with Crippen LogP contribution in [0.2, 0.25) is 0 Å². The maximum atomic E-state index is 5.99. The van der Waals surface area contributed by atoms with Crippen LogP contribution in [0.15, 0.2) is 45.8 Å². The number of nitrogens with zero attached hydrogens (tertiary/aromatic N) is 3. The summed E-state index contributed by atoms with van der Waals surface area (Å²) in [6.45, 7) is 9.92. The predicted molar refractivity (Wildman–Crippen MR) is 127 cm³/mol. The van der Waals surface area contributed by atoms with E-state index >= 15 is 0 Å². The van der Waals surface area contributed by atoms with Gasteiger partial charge in [0.2, 0.25) is 0 Å². The topological polar surface area (TPSA) is 53.2 Å². The number of rotatable bonds is 5. The van der Waals surface area contributed by atoms with Crippen molar-refractivity contribution in [2.24, 2.45) is 4.99 Å². The smallest absolute Gasteiger partial charge is 0.198 e. The van der Waals surface area contributed by atoms with Gasteiger partial charge in [0.05, 0.1) is 25.8 Å². The van der Waals surface area contributed by atoms with Crippen LogP contribution in [0.5, 0.6) is 0 Å². The van der Waals surface area contributed by atoms with Crippen molar-refractivity contribution in [1.82, 2.24) is 10.2 Å². The Morgan fingerprint density at radius 2 is 1.93 bits per heavy atom. The first-order chi connectivity index (χ1) is 13.8. The first-order valence-corrected chi connectivity index (χ1v) is 10.3. The Bertz CT molecular complexity index is 817. The van der Waals surface area contributed by atoms with Gasteiger partial charge in [0, 0.05) is 31.9 Å². The fourth-order valence-electron chi connectivity index (χ4n) is 4.03. The third-order valence-corrected chi connectivity index (χ3v) is 5.47. The molecule has 1 saturated heterocycles. The molecule has 1 aromatic carbocycles. The Balaban J connectivity index is 0.00000240. The van der Waals surface area contributed by atoms with Gasteiger partial charge in [-0.3, -0.25) is 9.89 Å². The first kappa shape index (κ1) is 22.1. The Morgan fingerprint density at radius 1 is 1.14 bits per heavy atom. The highest BCUT2D eigenvalue weighted by Gasteiger charge is 2.27. The highest BCUT2D eigenvalue weighted by atomic mass is 127. The first-order valence-electron chi connectivity index (χ1n) is 10.3. The van der Waals surface area contributed by atoms with E-state index in [0.717, 1.165) is 63.3 Å². The number of ether oxygens (including phenoxy) is 1. The van der Waals surface area contributed by atoms with Gasteiger partial charge in [0.25, 0.3) is 0 Å². The molecule has 7 heteroatoms. The molecule has 1 atom stereocenters. The molecule has 1 unspecified atom stereocenters. The molecule has 0 spiro atoms. The molecular formula is C22H31IN4O2. The molecule has 2 aliphatic heterocycles. The molecule has 1 N–H and O–H groups in total. The van der Waals surface area contributed by atoms with Crippen molar-refractivity contribution in [3.63, 3.8) is 0 Å². The van der Waals surface area contributed by atoms with Gasteiger partial charge in [-0.15, -0.1) is 24.0 Å². The minimum absolute atomic E-state index is 0. The van der Waals surface area contributed by atoms with Crippen LogP contribution >= 0.6 is 24.0 Å². The van der Waals surface area contributed by atoms with Gasteiger partial charge in [-0.2, -0.15) is 0 Å². The minimum atomic E-state index is 0. The van der Waals surface area contributed by atoms with Crippen molar-refractivity contribution in [3.8, 4) is 0 Å². The molecular weight excluding hydrogens is 479 g/mol. The number of hydrogen-bond acceptors (Lipinski definition) is 4. The summed E-state index contributed by atoms with van der Waals surface area (Å²) in [6.07, 6.45) is 1.06. The van der Waals surface area contributed by atoms with E-state index in [9.17, 15) is 0 Å². The normalized spacial score (nSPS) is 18.3. The highest BCUT2D eigenvalue weighted by molar-refractivity contribution is 14.0. The van der Waals surface area contributed by atoms with Crippen LogP contribution in [-0.4, -0.2) is 56.8 Å². The minimum Gasteiger partial charge on any atom is -0.465 e. The number of nitrogens with one attached hydrogen (secondary N) is 1. The van der Waals surface area contributed by atoms with Crippen LogP contribution in [-0.2, 0) is 11.2 Å². The van der Waals surface area contributed by atoms with Crippen LogP contribution in [0.4, 0.5) is 5.69 Å². The second-order valence-corrected chi connectivity index (χ2v) is 7.34. The number of halogens is 1. The number of furan rings is 1. The van der Waals surface area contributed by atoms with E-state index in [1.54, 1.807) is 0 Å². The third-order valence-electron chi connectivity index (χ3n) is 5.47. The Labute approximate surface area is 190 Å². The van der Waals surface area contributed by atoms with Gasteiger partial charge in [0.1, 0.15) is 11.5 Å². The van der Waals surface area contributed by atoms with Gasteiger partial charge in [-0.1, -0.05) is 18.2 Å². The molecule has 1 fully saturated rings. The zero-order valence-electron chi connectivity index (χ0n) is 17.3. The van der Waals surface area contributed by atoms with Gasteiger partial charge >= 0.3 is 0 Å². The average Bonchev–Trinajstić information content (AvgIpc) is 3.35. The zero-order valence-corrected chi connectivity index (χ0v) is 19.6. The molecule has 0 saturated carbocycles. The van der Waals surface area contributed by atoms with E-state index in [4.69, 9.17) is 14.1 Å². The van der Waals surface area contributed by atoms with Crippen LogP contribution in [0.3, 0.4) is 0 Å². The fourth-order valence-corrected chi connectivity index (χ4v) is 4.03. The maximum Gasteiger partial charge on any atom is 0.198 e. The van der Waals surface area contributed by atoms with Crippen molar-refractivity contribution in [3.05, 3.63) is 53.5 Å². The summed E-state index contributed by atoms with van der Waals surface area (Å²) in [5, 5.41) is 3.48. The number of guanidine groups is 1. The van der Waals surface area contributed by atoms with E-state index in [1.165, 1.54) is 11.3 Å². The number of aliphatic imine (C=N–C) groups is 1. The molecule has 0 radical (unpaired) electrons. The monoisotopic (exact) mass is 510 g/mol. The number of aryl methyl sites for hydroxylation is 1. The number of fused-ring (bicyclic) bond motifs is 1. The summed E-state index contributed by atoms with van der Waals surface area (Å²) in [4.78, 5) is 9.78. The number of morpholine rings is 1. The highest BCUT2D eigenvalue weighted by Crippen LogP contribution is 2.28. The summed E-state index contributed by atoms with van der Waals surface area (Å²) in [7, 11) is 0. The van der Waals surface area contributed by atoms with Crippen LogP contribution in [0, 0.1) is 6.92 Å². The van der Waals surface area contributed by atoms with Gasteiger partial charge in [-0.05, 0) is 44.0 Å². The van der Waals surface area contributed by atoms with Crippen molar-refractivity contribution >= 4 is 35.6 Å². The fraction of sp³-hybridized carbons (Fsp3) is 0.500. The van der Waals surface area contributed by atoms with Crippen LogP contribution in [0.1, 0.15) is 30.0 Å². The molecule has 3 heterocycles. The standard InChI is InChI=1S/C22H30N4O2.HI/c1-3-23-22(26-11-10-18-6-4-5-7-19(18)26)24-16-20(21-9-8-17(2)28-21)25-12-14-27-15-13-25;/h4-9,20H,3,10-16H2,1-2H3,(H,23,24);1H.